The van der Waals surface area contributed by atoms with Crippen molar-refractivity contribution in [1.82, 2.24) is 10.2 Å². The molecule has 1 N–H and O–H groups in total. The monoisotopic (exact) mass is 250 g/mol. The van der Waals surface area contributed by atoms with E-state index in [9.17, 15) is 4.79 Å². The van der Waals surface area contributed by atoms with Crippen molar-refractivity contribution in [2.45, 2.75) is 65.1 Å². The summed E-state index contributed by atoms with van der Waals surface area (Å²) >= 11 is 0. The Labute approximate surface area is 110 Å². The van der Waals surface area contributed by atoms with E-state index < -0.39 is 0 Å². The second kappa shape index (κ2) is 4.22. The van der Waals surface area contributed by atoms with Gasteiger partial charge in [0.1, 0.15) is 0 Å². The van der Waals surface area contributed by atoms with Crippen molar-refractivity contribution in [3.05, 3.63) is 0 Å². The predicted molar refractivity (Wildman–Crippen MR) is 71.9 cm³/mol. The molecule has 0 aromatic heterocycles. The molecule has 0 spiro atoms. The largest absolute Gasteiger partial charge is 0.326 e. The average molecular weight is 250 g/mol. The smallest absolute Gasteiger partial charge is 0.241 e. The molecule has 3 heteroatoms. The van der Waals surface area contributed by atoms with E-state index in [0.29, 0.717) is 17.2 Å². The minimum atomic E-state index is 0.0648. The van der Waals surface area contributed by atoms with Gasteiger partial charge >= 0.3 is 0 Å². The Bertz CT molecular complexity index is 344. The Morgan fingerprint density at radius 2 is 2.06 bits per heavy atom. The zero-order valence-corrected chi connectivity index (χ0v) is 11.9. The summed E-state index contributed by atoms with van der Waals surface area (Å²) in [6, 6.07) is 0.0648. The molecule has 2 atom stereocenters. The van der Waals surface area contributed by atoms with Gasteiger partial charge in [0, 0.05) is 6.54 Å². The van der Waals surface area contributed by atoms with E-state index in [4.69, 9.17) is 0 Å². The Morgan fingerprint density at radius 3 is 2.56 bits per heavy atom. The molecule has 3 fully saturated rings. The lowest BCUT2D eigenvalue weighted by Gasteiger charge is -2.26. The van der Waals surface area contributed by atoms with Gasteiger partial charge < -0.3 is 4.90 Å². The number of hydrogen-bond acceptors (Lipinski definition) is 2. The average Bonchev–Trinajstić information content (AvgIpc) is 3.13. The van der Waals surface area contributed by atoms with E-state index in [1.54, 1.807) is 0 Å². The number of hydrogen-bond donors (Lipinski definition) is 1. The van der Waals surface area contributed by atoms with Gasteiger partial charge in [0.05, 0.1) is 12.2 Å². The van der Waals surface area contributed by atoms with Crippen LogP contribution in [0.5, 0.6) is 0 Å². The Morgan fingerprint density at radius 1 is 1.39 bits per heavy atom. The van der Waals surface area contributed by atoms with Crippen molar-refractivity contribution in [3.63, 3.8) is 0 Å². The molecule has 18 heavy (non-hydrogen) atoms. The zero-order chi connectivity index (χ0) is 12.9. The van der Waals surface area contributed by atoms with Crippen molar-refractivity contribution in [3.8, 4) is 0 Å². The maximum absolute atomic E-state index is 12.5. The fourth-order valence-corrected chi connectivity index (χ4v) is 3.59. The number of rotatable bonds is 5. The number of nitrogens with one attached hydrogen (secondary N) is 1. The summed E-state index contributed by atoms with van der Waals surface area (Å²) in [4.78, 5) is 14.6. The molecule has 1 aliphatic heterocycles. The van der Waals surface area contributed by atoms with Crippen LogP contribution in [-0.2, 0) is 4.79 Å². The fourth-order valence-electron chi connectivity index (χ4n) is 3.59. The second-order valence-corrected chi connectivity index (χ2v) is 7.13. The number of carbonyl (C=O) groups is 1. The molecular weight excluding hydrogens is 224 g/mol. The van der Waals surface area contributed by atoms with Crippen LogP contribution < -0.4 is 5.32 Å². The second-order valence-electron chi connectivity index (χ2n) is 7.13. The number of nitrogens with zero attached hydrogens (tertiary/aromatic N) is 1. The standard InChI is InChI=1S/C15H26N2O/c1-10(2)8-13-14(18)17(11(3)16-13)9-15(6-7-15)12-4-5-12/h10-13,16H,4-9H2,1-3H3. The molecule has 1 heterocycles. The predicted octanol–water partition coefficient (Wildman–Crippen LogP) is 2.37. The van der Waals surface area contributed by atoms with Crippen LogP contribution in [0.1, 0.15) is 52.9 Å². The van der Waals surface area contributed by atoms with Gasteiger partial charge in [-0.2, -0.15) is 0 Å². The maximum Gasteiger partial charge on any atom is 0.241 e. The van der Waals surface area contributed by atoms with E-state index in [0.717, 1.165) is 18.9 Å². The summed E-state index contributed by atoms with van der Waals surface area (Å²) in [5.74, 6) is 1.86. The minimum absolute atomic E-state index is 0.0648. The summed E-state index contributed by atoms with van der Waals surface area (Å²) in [7, 11) is 0. The van der Waals surface area contributed by atoms with Crippen LogP contribution in [0.25, 0.3) is 0 Å². The van der Waals surface area contributed by atoms with Gasteiger partial charge in [-0.05, 0) is 56.3 Å². The van der Waals surface area contributed by atoms with E-state index in [1.165, 1.54) is 25.7 Å². The van der Waals surface area contributed by atoms with Crippen LogP contribution in [0, 0.1) is 17.3 Å². The van der Waals surface area contributed by atoms with Crippen LogP contribution in [0.15, 0.2) is 0 Å². The molecule has 2 aliphatic carbocycles. The molecule has 0 aromatic carbocycles. The van der Waals surface area contributed by atoms with Crippen LogP contribution in [0.4, 0.5) is 0 Å². The molecule has 3 rings (SSSR count). The summed E-state index contributed by atoms with van der Waals surface area (Å²) in [6.07, 6.45) is 6.71. The third-order valence-electron chi connectivity index (χ3n) is 5.02. The molecule has 1 saturated heterocycles. The van der Waals surface area contributed by atoms with Crippen molar-refractivity contribution < 1.29 is 4.79 Å². The highest BCUT2D eigenvalue weighted by Crippen LogP contribution is 2.61. The van der Waals surface area contributed by atoms with Crippen LogP contribution in [0.3, 0.4) is 0 Å². The first-order chi connectivity index (χ1) is 8.52. The van der Waals surface area contributed by atoms with Crippen LogP contribution >= 0.6 is 0 Å². The summed E-state index contributed by atoms with van der Waals surface area (Å²) in [5, 5.41) is 3.47. The molecule has 3 nitrogen and oxygen atoms in total. The quantitative estimate of drug-likeness (QED) is 0.812. The molecule has 2 saturated carbocycles. The van der Waals surface area contributed by atoms with E-state index in [1.807, 2.05) is 0 Å². The highest BCUT2D eigenvalue weighted by molar-refractivity contribution is 5.84. The fraction of sp³-hybridized carbons (Fsp3) is 0.933. The van der Waals surface area contributed by atoms with Crippen molar-refractivity contribution in [2.75, 3.05) is 6.54 Å². The van der Waals surface area contributed by atoms with Crippen LogP contribution in [0.2, 0.25) is 0 Å². The molecule has 0 radical (unpaired) electrons. The first-order valence-corrected chi connectivity index (χ1v) is 7.58. The van der Waals surface area contributed by atoms with Gasteiger partial charge in [0.25, 0.3) is 0 Å². The van der Waals surface area contributed by atoms with Crippen LogP contribution in [-0.4, -0.2) is 29.6 Å². The highest BCUT2D eigenvalue weighted by Gasteiger charge is 2.56. The van der Waals surface area contributed by atoms with E-state index in [-0.39, 0.29) is 12.2 Å². The molecule has 1 amide bonds. The normalized spacial score (nSPS) is 34.4. The zero-order valence-electron chi connectivity index (χ0n) is 11.9. The summed E-state index contributed by atoms with van der Waals surface area (Å²) in [5.41, 5.74) is 0.526. The Balaban J connectivity index is 1.63. The van der Waals surface area contributed by atoms with Gasteiger partial charge in [-0.3, -0.25) is 10.1 Å². The van der Waals surface area contributed by atoms with Gasteiger partial charge in [0.15, 0.2) is 0 Å². The summed E-state index contributed by atoms with van der Waals surface area (Å²) in [6.45, 7) is 7.53. The van der Waals surface area contributed by atoms with E-state index >= 15 is 0 Å². The molecule has 102 valence electrons. The van der Waals surface area contributed by atoms with Crippen molar-refractivity contribution in [2.24, 2.45) is 17.3 Å². The SMILES string of the molecule is CC(C)CC1NC(C)N(CC2(C3CC3)CC2)C1=O. The maximum atomic E-state index is 12.5. The lowest BCUT2D eigenvalue weighted by atomic mass is 9.99. The summed E-state index contributed by atoms with van der Waals surface area (Å²) < 4.78 is 0. The van der Waals surface area contributed by atoms with Gasteiger partial charge in [0.2, 0.25) is 5.91 Å². The lowest BCUT2D eigenvalue weighted by molar-refractivity contribution is -0.131. The molecule has 3 aliphatic rings. The van der Waals surface area contributed by atoms with Gasteiger partial charge in [-0.25, -0.2) is 0 Å². The van der Waals surface area contributed by atoms with Gasteiger partial charge in [-0.1, -0.05) is 13.8 Å². The van der Waals surface area contributed by atoms with Gasteiger partial charge in [-0.15, -0.1) is 0 Å². The number of amides is 1. The third kappa shape index (κ3) is 2.18. The highest BCUT2D eigenvalue weighted by atomic mass is 16.2. The Kier molecular flexibility index (Phi) is 2.92. The molecular formula is C15H26N2O. The number of carbonyl (C=O) groups excluding carboxylic acids is 1. The molecule has 2 unspecified atom stereocenters. The minimum Gasteiger partial charge on any atom is -0.326 e. The molecule has 0 bridgehead atoms. The first-order valence-electron chi connectivity index (χ1n) is 7.58. The van der Waals surface area contributed by atoms with Crippen molar-refractivity contribution in [1.29, 1.82) is 0 Å². The topological polar surface area (TPSA) is 32.3 Å². The molecule has 0 aromatic rings. The van der Waals surface area contributed by atoms with Crippen molar-refractivity contribution >= 4 is 5.91 Å². The Hall–Kier alpha value is -0.570. The lowest BCUT2D eigenvalue weighted by Crippen LogP contribution is -2.39. The van der Waals surface area contributed by atoms with E-state index in [2.05, 4.69) is 31.0 Å². The first kappa shape index (κ1) is 12.5. The third-order valence-corrected chi connectivity index (χ3v) is 5.02.